The lowest BCUT2D eigenvalue weighted by Crippen LogP contribution is -2.29. The van der Waals surface area contributed by atoms with Crippen molar-refractivity contribution in [1.29, 1.82) is 0 Å². The van der Waals surface area contributed by atoms with Crippen molar-refractivity contribution in [2.75, 3.05) is 7.11 Å². The predicted octanol–water partition coefficient (Wildman–Crippen LogP) is 4.78. The molecule has 1 aliphatic rings. The topological polar surface area (TPSA) is 80.0 Å². The van der Waals surface area contributed by atoms with Crippen LogP contribution in [0.2, 0.25) is 0 Å². The quantitative estimate of drug-likeness (QED) is 0.345. The Hall–Kier alpha value is -3.80. The van der Waals surface area contributed by atoms with Crippen LogP contribution in [-0.4, -0.2) is 28.8 Å². The van der Waals surface area contributed by atoms with Crippen LogP contribution in [0.3, 0.4) is 0 Å². The molecule has 0 radical (unpaired) electrons. The summed E-state index contributed by atoms with van der Waals surface area (Å²) in [5, 5.41) is 11.3. The molecule has 3 aromatic rings. The molecule has 6 heteroatoms. The normalized spacial score (nSPS) is 17.7. The van der Waals surface area contributed by atoms with E-state index in [1.807, 2.05) is 37.3 Å². The second-order valence-corrected chi connectivity index (χ2v) is 7.81. The highest BCUT2D eigenvalue weighted by molar-refractivity contribution is 6.46. The summed E-state index contributed by atoms with van der Waals surface area (Å²) in [7, 11) is 1.50. The summed E-state index contributed by atoms with van der Waals surface area (Å²) >= 11 is 0. The minimum absolute atomic E-state index is 0.0368. The van der Waals surface area contributed by atoms with Crippen LogP contribution in [0.15, 0.2) is 70.9 Å². The number of carbonyl (C=O) groups excluding carboxylic acids is 2. The molecule has 1 saturated heterocycles. The molecular formula is C26H25NO5. The van der Waals surface area contributed by atoms with E-state index in [1.165, 1.54) is 18.3 Å². The molecule has 164 valence electrons. The van der Waals surface area contributed by atoms with E-state index in [1.54, 1.807) is 24.3 Å². The van der Waals surface area contributed by atoms with Gasteiger partial charge < -0.3 is 19.2 Å². The Balaban J connectivity index is 1.90. The standard InChI is InChI=1S/C26H25NO5/c1-4-17-8-10-18(11-9-17)23-22(24(28)20-14-16(2)7-12-21(20)31-3)25(29)26(30)27(23)15-19-6-5-13-32-19/h5-14,23,28H,4,15H2,1-3H3/b24-22+. The third-order valence-electron chi connectivity index (χ3n) is 5.76. The molecule has 0 bridgehead atoms. The van der Waals surface area contributed by atoms with Crippen molar-refractivity contribution in [3.05, 3.63) is 94.4 Å². The van der Waals surface area contributed by atoms with Gasteiger partial charge in [-0.2, -0.15) is 0 Å². The fourth-order valence-corrected chi connectivity index (χ4v) is 4.05. The number of benzene rings is 2. The number of aryl methyl sites for hydroxylation is 2. The molecule has 4 rings (SSSR count). The molecule has 32 heavy (non-hydrogen) atoms. The van der Waals surface area contributed by atoms with Gasteiger partial charge in [-0.25, -0.2) is 0 Å². The van der Waals surface area contributed by atoms with Crippen molar-refractivity contribution in [2.45, 2.75) is 32.9 Å². The average Bonchev–Trinajstić information content (AvgIpc) is 3.41. The van der Waals surface area contributed by atoms with E-state index in [9.17, 15) is 14.7 Å². The zero-order chi connectivity index (χ0) is 22.8. The van der Waals surface area contributed by atoms with Crippen LogP contribution in [0.1, 0.15) is 41.0 Å². The Kier molecular flexibility index (Phi) is 5.86. The van der Waals surface area contributed by atoms with Crippen LogP contribution >= 0.6 is 0 Å². The van der Waals surface area contributed by atoms with E-state index in [4.69, 9.17) is 9.15 Å². The monoisotopic (exact) mass is 431 g/mol. The van der Waals surface area contributed by atoms with Gasteiger partial charge in [-0.3, -0.25) is 9.59 Å². The number of aliphatic hydroxyl groups is 1. The van der Waals surface area contributed by atoms with Gasteiger partial charge in [0.25, 0.3) is 11.7 Å². The number of furan rings is 1. The van der Waals surface area contributed by atoms with Gasteiger partial charge in [0.15, 0.2) is 0 Å². The van der Waals surface area contributed by atoms with Gasteiger partial charge in [0.2, 0.25) is 0 Å². The average molecular weight is 431 g/mol. The number of ketones is 1. The lowest BCUT2D eigenvalue weighted by Gasteiger charge is -2.25. The third-order valence-corrected chi connectivity index (χ3v) is 5.76. The number of nitrogens with zero attached hydrogens (tertiary/aromatic N) is 1. The molecule has 1 aromatic heterocycles. The fraction of sp³-hybridized carbons (Fsp3) is 0.231. The molecule has 1 fully saturated rings. The first-order chi connectivity index (χ1) is 15.4. The lowest BCUT2D eigenvalue weighted by molar-refractivity contribution is -0.140. The summed E-state index contributed by atoms with van der Waals surface area (Å²) in [6, 6.07) is 15.8. The molecule has 1 amide bonds. The first-order valence-corrected chi connectivity index (χ1v) is 10.5. The Bertz CT molecular complexity index is 1180. The van der Waals surface area contributed by atoms with Gasteiger partial charge in [0.05, 0.1) is 37.1 Å². The van der Waals surface area contributed by atoms with E-state index in [0.717, 1.165) is 23.1 Å². The third kappa shape index (κ3) is 3.80. The molecule has 2 aromatic carbocycles. The summed E-state index contributed by atoms with van der Waals surface area (Å²) in [6.07, 6.45) is 2.39. The molecule has 1 aliphatic heterocycles. The first kappa shape index (κ1) is 21.4. The summed E-state index contributed by atoms with van der Waals surface area (Å²) in [5.74, 6) is -0.697. The minimum Gasteiger partial charge on any atom is -0.507 e. The van der Waals surface area contributed by atoms with Gasteiger partial charge >= 0.3 is 0 Å². The van der Waals surface area contributed by atoms with Crippen LogP contribution in [0.4, 0.5) is 0 Å². The minimum atomic E-state index is -0.753. The van der Waals surface area contributed by atoms with Crippen LogP contribution in [0.25, 0.3) is 5.76 Å². The smallest absolute Gasteiger partial charge is 0.296 e. The number of rotatable bonds is 6. The number of amides is 1. The van der Waals surface area contributed by atoms with Crippen LogP contribution < -0.4 is 4.74 Å². The number of ether oxygens (including phenoxy) is 1. The van der Waals surface area contributed by atoms with Crippen LogP contribution in [-0.2, 0) is 22.6 Å². The Labute approximate surface area is 186 Å². The van der Waals surface area contributed by atoms with E-state index in [-0.39, 0.29) is 17.9 Å². The first-order valence-electron chi connectivity index (χ1n) is 10.5. The molecule has 0 aliphatic carbocycles. The van der Waals surface area contributed by atoms with E-state index < -0.39 is 17.7 Å². The summed E-state index contributed by atoms with van der Waals surface area (Å²) < 4.78 is 10.8. The van der Waals surface area contributed by atoms with Crippen molar-refractivity contribution in [2.24, 2.45) is 0 Å². The molecule has 6 nitrogen and oxygen atoms in total. The number of aliphatic hydroxyl groups excluding tert-OH is 1. The second kappa shape index (κ2) is 8.75. The van der Waals surface area contributed by atoms with Gasteiger partial charge in [-0.1, -0.05) is 42.8 Å². The molecular weight excluding hydrogens is 406 g/mol. The van der Waals surface area contributed by atoms with Crippen molar-refractivity contribution in [3.63, 3.8) is 0 Å². The zero-order valence-electron chi connectivity index (χ0n) is 18.3. The van der Waals surface area contributed by atoms with Crippen molar-refractivity contribution < 1.29 is 23.8 Å². The molecule has 2 heterocycles. The van der Waals surface area contributed by atoms with Gasteiger partial charge in [0, 0.05) is 0 Å². The maximum atomic E-state index is 13.2. The number of methoxy groups -OCH3 is 1. The van der Waals surface area contributed by atoms with Crippen LogP contribution in [0.5, 0.6) is 5.75 Å². The second-order valence-electron chi connectivity index (χ2n) is 7.81. The maximum Gasteiger partial charge on any atom is 0.296 e. The molecule has 0 saturated carbocycles. The maximum absolute atomic E-state index is 13.2. The predicted molar refractivity (Wildman–Crippen MR) is 120 cm³/mol. The Morgan fingerprint density at radius 2 is 1.88 bits per heavy atom. The number of hydrogen-bond donors (Lipinski definition) is 1. The number of Topliss-reactive ketones (excluding diaryl/α,β-unsaturated/α-hetero) is 1. The molecule has 1 atom stereocenters. The van der Waals surface area contributed by atoms with Crippen LogP contribution in [0, 0.1) is 6.92 Å². The Morgan fingerprint density at radius 3 is 2.50 bits per heavy atom. The Morgan fingerprint density at radius 1 is 1.12 bits per heavy atom. The highest BCUT2D eigenvalue weighted by atomic mass is 16.5. The number of carbonyl (C=O) groups is 2. The highest BCUT2D eigenvalue weighted by Crippen LogP contribution is 2.41. The molecule has 0 spiro atoms. The zero-order valence-corrected chi connectivity index (χ0v) is 18.3. The number of likely N-dealkylation sites (tertiary alicyclic amines) is 1. The van der Waals surface area contributed by atoms with Crippen molar-refractivity contribution >= 4 is 17.4 Å². The fourth-order valence-electron chi connectivity index (χ4n) is 4.05. The largest absolute Gasteiger partial charge is 0.507 e. The molecule has 1 N–H and O–H groups in total. The summed E-state index contributed by atoms with van der Waals surface area (Å²) in [6.45, 7) is 4.05. The van der Waals surface area contributed by atoms with Gasteiger partial charge in [-0.15, -0.1) is 0 Å². The highest BCUT2D eigenvalue weighted by Gasteiger charge is 2.46. The molecule has 1 unspecified atom stereocenters. The van der Waals surface area contributed by atoms with E-state index in [2.05, 4.69) is 6.92 Å². The number of hydrogen-bond acceptors (Lipinski definition) is 5. The van der Waals surface area contributed by atoms with Crippen molar-refractivity contribution in [3.8, 4) is 5.75 Å². The van der Waals surface area contributed by atoms with Gasteiger partial charge in [0.1, 0.15) is 17.3 Å². The lowest BCUT2D eigenvalue weighted by atomic mass is 9.93. The van der Waals surface area contributed by atoms with E-state index in [0.29, 0.717) is 17.1 Å². The van der Waals surface area contributed by atoms with Gasteiger partial charge in [-0.05, 0) is 48.7 Å². The summed E-state index contributed by atoms with van der Waals surface area (Å²) in [4.78, 5) is 27.7. The van der Waals surface area contributed by atoms with Crippen molar-refractivity contribution in [1.82, 2.24) is 4.90 Å². The SMILES string of the molecule is CCc1ccc(C2/C(=C(\O)c3cc(C)ccc3OC)C(=O)C(=O)N2Cc2ccco2)cc1. The summed E-state index contributed by atoms with van der Waals surface area (Å²) in [5.41, 5.74) is 3.17. The van der Waals surface area contributed by atoms with E-state index >= 15 is 0 Å².